The van der Waals surface area contributed by atoms with E-state index in [1.54, 1.807) is 18.5 Å². The van der Waals surface area contributed by atoms with Crippen LogP contribution in [0.1, 0.15) is 11.4 Å². The van der Waals surface area contributed by atoms with Gasteiger partial charge in [-0.1, -0.05) is 17.7 Å². The average Bonchev–Trinajstić information content (AvgIpc) is 2.39. The molecule has 1 heterocycles. The van der Waals surface area contributed by atoms with Crippen molar-refractivity contribution in [3.8, 4) is 5.75 Å². The van der Waals surface area contributed by atoms with Gasteiger partial charge in [-0.25, -0.2) is 9.97 Å². The second kappa shape index (κ2) is 6.33. The van der Waals surface area contributed by atoms with Gasteiger partial charge in [-0.15, -0.1) is 0 Å². The zero-order valence-electron chi connectivity index (χ0n) is 10.1. The van der Waals surface area contributed by atoms with Crippen LogP contribution in [0.4, 0.5) is 0 Å². The molecule has 0 amide bonds. The largest absolute Gasteiger partial charge is 0.484 e. The van der Waals surface area contributed by atoms with Gasteiger partial charge in [-0.3, -0.25) is 0 Å². The molecule has 0 radical (unpaired) electrons. The topological polar surface area (TPSA) is 47.0 Å². The number of nitrogens with one attached hydrogen (secondary N) is 1. The van der Waals surface area contributed by atoms with Crippen LogP contribution in [-0.2, 0) is 13.2 Å². The van der Waals surface area contributed by atoms with Crippen LogP contribution < -0.4 is 10.1 Å². The lowest BCUT2D eigenvalue weighted by Crippen LogP contribution is -2.05. The Labute approximate surface area is 111 Å². The zero-order valence-corrected chi connectivity index (χ0v) is 10.8. The van der Waals surface area contributed by atoms with Crippen molar-refractivity contribution < 1.29 is 4.74 Å². The summed E-state index contributed by atoms with van der Waals surface area (Å²) in [6.45, 7) is 1.09. The highest BCUT2D eigenvalue weighted by Gasteiger charge is 2.04. The lowest BCUT2D eigenvalue weighted by atomic mass is 10.2. The first-order valence-corrected chi connectivity index (χ1v) is 5.99. The van der Waals surface area contributed by atoms with Crippen LogP contribution in [0.15, 0.2) is 36.7 Å². The molecule has 1 N–H and O–H groups in total. The molecule has 0 bridgehead atoms. The highest BCUT2D eigenvalue weighted by atomic mass is 35.5. The van der Waals surface area contributed by atoms with E-state index in [1.165, 1.54) is 0 Å². The SMILES string of the molecule is CNCc1ccc(OCc2ncccn2)c(Cl)c1. The first kappa shape index (κ1) is 12.8. The van der Waals surface area contributed by atoms with Crippen LogP contribution >= 0.6 is 11.6 Å². The number of rotatable bonds is 5. The number of ether oxygens (including phenoxy) is 1. The molecular formula is C13H14ClN3O. The average molecular weight is 264 g/mol. The third-order valence-corrected chi connectivity index (χ3v) is 2.65. The summed E-state index contributed by atoms with van der Waals surface area (Å²) in [7, 11) is 1.89. The van der Waals surface area contributed by atoms with E-state index in [4.69, 9.17) is 16.3 Å². The maximum atomic E-state index is 6.14. The molecule has 5 heteroatoms. The van der Waals surface area contributed by atoms with Crippen LogP contribution in [0, 0.1) is 0 Å². The van der Waals surface area contributed by atoms with E-state index in [1.807, 2.05) is 25.2 Å². The van der Waals surface area contributed by atoms with Crippen molar-refractivity contribution in [2.75, 3.05) is 7.05 Å². The van der Waals surface area contributed by atoms with Gasteiger partial charge in [0.1, 0.15) is 12.4 Å². The van der Waals surface area contributed by atoms with Crippen LogP contribution in [-0.4, -0.2) is 17.0 Å². The minimum Gasteiger partial charge on any atom is -0.484 e. The summed E-state index contributed by atoms with van der Waals surface area (Å²) in [5, 5.41) is 3.67. The maximum absolute atomic E-state index is 6.14. The fourth-order valence-corrected chi connectivity index (χ4v) is 1.78. The number of benzene rings is 1. The van der Waals surface area contributed by atoms with E-state index in [0.29, 0.717) is 23.2 Å². The quantitative estimate of drug-likeness (QED) is 0.900. The van der Waals surface area contributed by atoms with E-state index in [9.17, 15) is 0 Å². The smallest absolute Gasteiger partial charge is 0.166 e. The van der Waals surface area contributed by atoms with Gasteiger partial charge in [0.25, 0.3) is 0 Å². The molecule has 4 nitrogen and oxygen atoms in total. The Kier molecular flexibility index (Phi) is 4.50. The van der Waals surface area contributed by atoms with Crippen LogP contribution in [0.2, 0.25) is 5.02 Å². The first-order chi connectivity index (χ1) is 8.79. The Morgan fingerprint density at radius 1 is 1.28 bits per heavy atom. The van der Waals surface area contributed by atoms with Gasteiger partial charge in [0.15, 0.2) is 5.82 Å². The number of aromatic nitrogens is 2. The van der Waals surface area contributed by atoms with E-state index in [-0.39, 0.29) is 0 Å². The second-order valence-electron chi connectivity index (χ2n) is 3.75. The van der Waals surface area contributed by atoms with Gasteiger partial charge in [-0.2, -0.15) is 0 Å². The highest BCUT2D eigenvalue weighted by Crippen LogP contribution is 2.25. The molecular weight excluding hydrogens is 250 g/mol. The second-order valence-corrected chi connectivity index (χ2v) is 4.16. The predicted octanol–water partition coefficient (Wildman–Crippen LogP) is 2.43. The summed E-state index contributed by atoms with van der Waals surface area (Å²) in [6, 6.07) is 7.49. The molecule has 94 valence electrons. The monoisotopic (exact) mass is 263 g/mol. The molecule has 0 aliphatic rings. The number of nitrogens with zero attached hydrogens (tertiary/aromatic N) is 2. The third-order valence-electron chi connectivity index (χ3n) is 2.35. The van der Waals surface area contributed by atoms with Gasteiger partial charge in [0, 0.05) is 18.9 Å². The van der Waals surface area contributed by atoms with Crippen LogP contribution in [0.3, 0.4) is 0 Å². The molecule has 0 spiro atoms. The van der Waals surface area contributed by atoms with Crippen LogP contribution in [0.25, 0.3) is 0 Å². The van der Waals surface area contributed by atoms with Crippen molar-refractivity contribution in [1.29, 1.82) is 0 Å². The molecule has 0 aliphatic heterocycles. The van der Waals surface area contributed by atoms with E-state index < -0.39 is 0 Å². The standard InChI is InChI=1S/C13H14ClN3O/c1-15-8-10-3-4-12(11(14)7-10)18-9-13-16-5-2-6-17-13/h2-7,15H,8-9H2,1H3. The van der Waals surface area contributed by atoms with Crippen molar-refractivity contribution in [1.82, 2.24) is 15.3 Å². The summed E-state index contributed by atoms with van der Waals surface area (Å²) in [5.41, 5.74) is 1.12. The van der Waals surface area contributed by atoms with Gasteiger partial charge >= 0.3 is 0 Å². The molecule has 1 aromatic heterocycles. The molecule has 1 aromatic carbocycles. The third kappa shape index (κ3) is 3.42. The number of hydrogen-bond acceptors (Lipinski definition) is 4. The molecule has 0 saturated heterocycles. The van der Waals surface area contributed by atoms with Gasteiger partial charge < -0.3 is 10.1 Å². The number of halogens is 1. The summed E-state index contributed by atoms with van der Waals surface area (Å²) >= 11 is 6.14. The van der Waals surface area contributed by atoms with E-state index >= 15 is 0 Å². The molecule has 0 unspecified atom stereocenters. The molecule has 18 heavy (non-hydrogen) atoms. The van der Waals surface area contributed by atoms with Crippen molar-refractivity contribution in [2.24, 2.45) is 0 Å². The fraction of sp³-hybridized carbons (Fsp3) is 0.231. The molecule has 0 fully saturated rings. The van der Waals surface area contributed by atoms with Crippen molar-refractivity contribution >= 4 is 11.6 Å². The Morgan fingerprint density at radius 2 is 2.06 bits per heavy atom. The Balaban J connectivity index is 2.01. The molecule has 2 rings (SSSR count). The lowest BCUT2D eigenvalue weighted by Gasteiger charge is -2.08. The minimum absolute atomic E-state index is 0.311. The van der Waals surface area contributed by atoms with Crippen molar-refractivity contribution in [3.05, 3.63) is 53.1 Å². The van der Waals surface area contributed by atoms with Crippen LogP contribution in [0.5, 0.6) is 5.75 Å². The molecule has 2 aromatic rings. The van der Waals surface area contributed by atoms with Crippen molar-refractivity contribution in [2.45, 2.75) is 13.2 Å². The molecule has 0 atom stereocenters. The Bertz CT molecular complexity index is 505. The molecule has 0 saturated carbocycles. The van der Waals surface area contributed by atoms with Crippen molar-refractivity contribution in [3.63, 3.8) is 0 Å². The highest BCUT2D eigenvalue weighted by molar-refractivity contribution is 6.32. The maximum Gasteiger partial charge on any atom is 0.166 e. The Morgan fingerprint density at radius 3 is 2.72 bits per heavy atom. The van der Waals surface area contributed by atoms with E-state index in [2.05, 4.69) is 15.3 Å². The molecule has 0 aliphatic carbocycles. The predicted molar refractivity (Wildman–Crippen MR) is 70.6 cm³/mol. The first-order valence-electron chi connectivity index (χ1n) is 5.61. The summed E-state index contributed by atoms with van der Waals surface area (Å²) in [4.78, 5) is 8.16. The van der Waals surface area contributed by atoms with Gasteiger partial charge in [-0.05, 0) is 30.8 Å². The zero-order chi connectivity index (χ0) is 12.8. The lowest BCUT2D eigenvalue weighted by molar-refractivity contribution is 0.296. The summed E-state index contributed by atoms with van der Waals surface area (Å²) in [6.07, 6.45) is 3.37. The summed E-state index contributed by atoms with van der Waals surface area (Å²) in [5.74, 6) is 1.27. The number of hydrogen-bond donors (Lipinski definition) is 1. The minimum atomic E-state index is 0.311. The Hall–Kier alpha value is -1.65. The normalized spacial score (nSPS) is 10.3. The van der Waals surface area contributed by atoms with E-state index in [0.717, 1.165) is 12.1 Å². The fourth-order valence-electron chi connectivity index (χ4n) is 1.52. The van der Waals surface area contributed by atoms with Gasteiger partial charge in [0.05, 0.1) is 5.02 Å². The van der Waals surface area contributed by atoms with Gasteiger partial charge in [0.2, 0.25) is 0 Å². The summed E-state index contributed by atoms with van der Waals surface area (Å²) < 4.78 is 5.58.